The topological polar surface area (TPSA) is 56.5 Å². The molecule has 0 saturated heterocycles. The van der Waals surface area contributed by atoms with Gasteiger partial charge in [-0.2, -0.15) is 5.10 Å². The maximum absolute atomic E-state index is 12.4. The molecule has 0 aliphatic carbocycles. The van der Waals surface area contributed by atoms with Crippen LogP contribution in [0.1, 0.15) is 28.2 Å². The molecule has 20 heavy (non-hydrogen) atoms. The lowest BCUT2D eigenvalue weighted by atomic mass is 10.0. The van der Waals surface area contributed by atoms with E-state index in [2.05, 4.69) is 10.3 Å². The van der Waals surface area contributed by atoms with Crippen LogP contribution in [0.3, 0.4) is 0 Å². The molecule has 3 rings (SSSR count). The van der Waals surface area contributed by atoms with Gasteiger partial charge in [-0.25, -0.2) is 4.68 Å². The number of aryl methyl sites for hydroxylation is 2. The van der Waals surface area contributed by atoms with Gasteiger partial charge in [-0.15, -0.1) is 0 Å². The third-order valence-electron chi connectivity index (χ3n) is 3.27. The molecule has 0 radical (unpaired) electrons. The molecule has 0 saturated carbocycles. The van der Waals surface area contributed by atoms with Crippen molar-refractivity contribution >= 4 is 11.6 Å². The molecule has 0 bridgehead atoms. The summed E-state index contributed by atoms with van der Waals surface area (Å²) in [6.07, 6.45) is -0.121. The number of hydrogen-bond donors (Lipinski definition) is 0. The summed E-state index contributed by atoms with van der Waals surface area (Å²) in [4.78, 5) is 17.6. The molecule has 1 aliphatic heterocycles. The lowest BCUT2D eigenvalue weighted by Gasteiger charge is -2.08. The summed E-state index contributed by atoms with van der Waals surface area (Å²) in [6.45, 7) is 3.71. The van der Waals surface area contributed by atoms with Crippen LogP contribution in [-0.2, 0) is 4.84 Å². The molecule has 0 fully saturated rings. The highest BCUT2D eigenvalue weighted by atomic mass is 16.6. The lowest BCUT2D eigenvalue weighted by Crippen LogP contribution is -2.28. The summed E-state index contributed by atoms with van der Waals surface area (Å²) in [5.41, 5.74) is 3.41. The average molecular weight is 269 g/mol. The first-order valence-electron chi connectivity index (χ1n) is 6.51. The van der Waals surface area contributed by atoms with Gasteiger partial charge in [0.1, 0.15) is 0 Å². The Morgan fingerprint density at radius 1 is 1.30 bits per heavy atom. The number of hydrogen-bond acceptors (Lipinski definition) is 4. The van der Waals surface area contributed by atoms with Gasteiger partial charge < -0.3 is 4.84 Å². The van der Waals surface area contributed by atoms with Crippen LogP contribution in [0.2, 0.25) is 0 Å². The number of rotatable bonds is 2. The summed E-state index contributed by atoms with van der Waals surface area (Å²) in [5, 5.41) is 8.21. The predicted octanol–water partition coefficient (Wildman–Crippen LogP) is 2.33. The first-order valence-corrected chi connectivity index (χ1v) is 6.51. The molecule has 5 nitrogen and oxygen atoms in total. The molecule has 0 N–H and O–H groups in total. The third kappa shape index (κ3) is 2.22. The van der Waals surface area contributed by atoms with Gasteiger partial charge in [0, 0.05) is 12.1 Å². The SMILES string of the molecule is Cc1cc(C)n(C(=O)[C@H]2CC(c3ccccc3)=NO2)n1. The Morgan fingerprint density at radius 2 is 2.05 bits per heavy atom. The molecule has 1 aromatic heterocycles. The van der Waals surface area contributed by atoms with Crippen LogP contribution < -0.4 is 0 Å². The Bertz CT molecular complexity index is 674. The van der Waals surface area contributed by atoms with E-state index in [9.17, 15) is 4.79 Å². The van der Waals surface area contributed by atoms with E-state index in [1.54, 1.807) is 0 Å². The van der Waals surface area contributed by atoms with E-state index in [4.69, 9.17) is 4.84 Å². The zero-order valence-corrected chi connectivity index (χ0v) is 11.4. The fourth-order valence-electron chi connectivity index (χ4n) is 2.30. The van der Waals surface area contributed by atoms with Crippen LogP contribution in [0.15, 0.2) is 41.6 Å². The normalized spacial score (nSPS) is 17.7. The lowest BCUT2D eigenvalue weighted by molar-refractivity contribution is 0.0452. The second-order valence-electron chi connectivity index (χ2n) is 4.88. The molecule has 2 heterocycles. The van der Waals surface area contributed by atoms with Crippen molar-refractivity contribution in [2.45, 2.75) is 26.4 Å². The smallest absolute Gasteiger partial charge is 0.291 e. The van der Waals surface area contributed by atoms with E-state index >= 15 is 0 Å². The Labute approximate surface area is 116 Å². The first kappa shape index (κ1) is 12.6. The van der Waals surface area contributed by atoms with Crippen LogP contribution in [0.5, 0.6) is 0 Å². The van der Waals surface area contributed by atoms with Crippen molar-refractivity contribution < 1.29 is 9.63 Å². The number of aromatic nitrogens is 2. The van der Waals surface area contributed by atoms with Crippen LogP contribution >= 0.6 is 0 Å². The maximum atomic E-state index is 12.4. The summed E-state index contributed by atoms with van der Waals surface area (Å²) < 4.78 is 1.39. The second-order valence-corrected chi connectivity index (χ2v) is 4.88. The minimum absolute atomic E-state index is 0.176. The van der Waals surface area contributed by atoms with Crippen molar-refractivity contribution in [3.8, 4) is 0 Å². The number of carbonyl (C=O) groups excluding carboxylic acids is 1. The molecular formula is C15H15N3O2. The highest BCUT2D eigenvalue weighted by Crippen LogP contribution is 2.18. The minimum atomic E-state index is -0.594. The van der Waals surface area contributed by atoms with Gasteiger partial charge in [-0.1, -0.05) is 35.5 Å². The maximum Gasteiger partial charge on any atom is 0.291 e. The van der Waals surface area contributed by atoms with Crippen LogP contribution in [-0.4, -0.2) is 27.5 Å². The summed E-state index contributed by atoms with van der Waals surface area (Å²) in [6, 6.07) is 11.6. The number of oxime groups is 1. The Hall–Kier alpha value is -2.43. The van der Waals surface area contributed by atoms with Crippen molar-refractivity contribution in [1.29, 1.82) is 0 Å². The quantitative estimate of drug-likeness (QED) is 0.840. The summed E-state index contributed by atoms with van der Waals surface area (Å²) >= 11 is 0. The van der Waals surface area contributed by atoms with Gasteiger partial charge in [0.15, 0.2) is 0 Å². The molecule has 0 amide bonds. The fourth-order valence-corrected chi connectivity index (χ4v) is 2.30. The highest BCUT2D eigenvalue weighted by molar-refractivity contribution is 6.04. The number of carbonyl (C=O) groups is 1. The van der Waals surface area contributed by atoms with Crippen molar-refractivity contribution in [3.63, 3.8) is 0 Å². The predicted molar refractivity (Wildman–Crippen MR) is 74.8 cm³/mol. The second kappa shape index (κ2) is 4.92. The van der Waals surface area contributed by atoms with Crippen molar-refractivity contribution in [1.82, 2.24) is 9.78 Å². The number of nitrogens with zero attached hydrogens (tertiary/aromatic N) is 3. The van der Waals surface area contributed by atoms with Crippen LogP contribution in [0.25, 0.3) is 0 Å². The molecule has 0 unspecified atom stereocenters. The molecule has 2 aromatic rings. The molecule has 5 heteroatoms. The van der Waals surface area contributed by atoms with Gasteiger partial charge in [-0.3, -0.25) is 4.79 Å². The van der Waals surface area contributed by atoms with Gasteiger partial charge in [0.05, 0.1) is 11.4 Å². The molecule has 1 aliphatic rings. The average Bonchev–Trinajstić information content (AvgIpc) is 3.06. The Balaban J connectivity index is 1.76. The van der Waals surface area contributed by atoms with Gasteiger partial charge >= 0.3 is 0 Å². The third-order valence-corrected chi connectivity index (χ3v) is 3.27. The zero-order chi connectivity index (χ0) is 14.1. The first-order chi connectivity index (χ1) is 9.65. The standard InChI is InChI=1S/C15H15N3O2/c1-10-8-11(2)18(16-10)15(19)14-9-13(17-20-14)12-6-4-3-5-7-12/h3-8,14H,9H2,1-2H3/t14-/m1/s1. The van der Waals surface area contributed by atoms with Crippen molar-refractivity contribution in [2.24, 2.45) is 5.16 Å². The van der Waals surface area contributed by atoms with E-state index in [1.165, 1.54) is 4.68 Å². The van der Waals surface area contributed by atoms with Crippen LogP contribution in [0, 0.1) is 13.8 Å². The monoisotopic (exact) mass is 269 g/mol. The molecule has 1 atom stereocenters. The number of benzene rings is 1. The van der Waals surface area contributed by atoms with Gasteiger partial charge in [0.2, 0.25) is 6.10 Å². The van der Waals surface area contributed by atoms with E-state index < -0.39 is 6.10 Å². The summed E-state index contributed by atoms with van der Waals surface area (Å²) in [7, 11) is 0. The Kier molecular flexibility index (Phi) is 3.10. The minimum Gasteiger partial charge on any atom is -0.382 e. The van der Waals surface area contributed by atoms with Crippen molar-refractivity contribution in [3.05, 3.63) is 53.3 Å². The van der Waals surface area contributed by atoms with E-state index in [-0.39, 0.29) is 5.91 Å². The van der Waals surface area contributed by atoms with E-state index in [1.807, 2.05) is 50.2 Å². The zero-order valence-electron chi connectivity index (χ0n) is 11.4. The van der Waals surface area contributed by atoms with Gasteiger partial charge in [-0.05, 0) is 25.5 Å². The van der Waals surface area contributed by atoms with E-state index in [0.29, 0.717) is 6.42 Å². The molecule has 0 spiro atoms. The van der Waals surface area contributed by atoms with Crippen LogP contribution in [0.4, 0.5) is 0 Å². The van der Waals surface area contributed by atoms with E-state index in [0.717, 1.165) is 22.7 Å². The molecule has 1 aromatic carbocycles. The summed E-state index contributed by atoms with van der Waals surface area (Å²) in [5.74, 6) is -0.176. The highest BCUT2D eigenvalue weighted by Gasteiger charge is 2.31. The Morgan fingerprint density at radius 3 is 2.70 bits per heavy atom. The van der Waals surface area contributed by atoms with Gasteiger partial charge in [0.25, 0.3) is 5.91 Å². The van der Waals surface area contributed by atoms with Crippen molar-refractivity contribution in [2.75, 3.05) is 0 Å². The fraction of sp³-hybridized carbons (Fsp3) is 0.267. The largest absolute Gasteiger partial charge is 0.382 e. The molecular weight excluding hydrogens is 254 g/mol. The molecule has 102 valence electrons.